The quantitative estimate of drug-likeness (QED) is 0.859. The number of ether oxygens (including phenoxy) is 2. The van der Waals surface area contributed by atoms with Gasteiger partial charge >= 0.3 is 0 Å². The van der Waals surface area contributed by atoms with E-state index in [1.165, 1.54) is 7.11 Å². The van der Waals surface area contributed by atoms with E-state index in [1.807, 2.05) is 13.1 Å². The molecule has 3 nitrogen and oxygen atoms in total. The fourth-order valence-corrected chi connectivity index (χ4v) is 2.60. The number of hydrogen-bond donors (Lipinski definition) is 1. The van der Waals surface area contributed by atoms with E-state index >= 15 is 0 Å². The molecule has 1 aromatic rings. The first-order valence-corrected chi connectivity index (χ1v) is 6.87. The van der Waals surface area contributed by atoms with Gasteiger partial charge in [-0.1, -0.05) is 6.07 Å². The van der Waals surface area contributed by atoms with Crippen molar-refractivity contribution in [1.82, 2.24) is 5.32 Å². The van der Waals surface area contributed by atoms with Crippen LogP contribution in [0.5, 0.6) is 5.75 Å². The summed E-state index contributed by atoms with van der Waals surface area (Å²) in [6, 6.07) is 5.31. The van der Waals surface area contributed by atoms with Crippen LogP contribution in [0.25, 0.3) is 0 Å². The van der Waals surface area contributed by atoms with Crippen molar-refractivity contribution in [1.29, 1.82) is 0 Å². The summed E-state index contributed by atoms with van der Waals surface area (Å²) < 4.78 is 24.3. The fraction of sp³-hybridized carbons (Fsp3) is 0.600. The van der Waals surface area contributed by atoms with Gasteiger partial charge < -0.3 is 14.8 Å². The van der Waals surface area contributed by atoms with Crippen LogP contribution in [0.1, 0.15) is 37.3 Å². The predicted octanol–water partition coefficient (Wildman–Crippen LogP) is 3.05. The molecule has 0 saturated carbocycles. The molecule has 2 atom stereocenters. The Hall–Kier alpha value is -1.13. The molecule has 1 aromatic carbocycles. The van der Waals surface area contributed by atoms with Crippen LogP contribution < -0.4 is 10.1 Å². The maximum Gasteiger partial charge on any atom is 0.165 e. The highest BCUT2D eigenvalue weighted by Crippen LogP contribution is 2.26. The first-order chi connectivity index (χ1) is 9.24. The molecule has 0 aromatic heterocycles. The van der Waals surface area contributed by atoms with Gasteiger partial charge in [0.1, 0.15) is 0 Å². The number of methoxy groups -OCH3 is 1. The Labute approximate surface area is 114 Å². The summed E-state index contributed by atoms with van der Waals surface area (Å²) in [5.41, 5.74) is 0.957. The second-order valence-electron chi connectivity index (χ2n) is 4.95. The minimum absolute atomic E-state index is 0.157. The monoisotopic (exact) mass is 267 g/mol. The third kappa shape index (κ3) is 3.67. The van der Waals surface area contributed by atoms with Crippen molar-refractivity contribution in [2.45, 2.75) is 37.8 Å². The van der Waals surface area contributed by atoms with Crippen LogP contribution in [0.2, 0.25) is 0 Å². The first kappa shape index (κ1) is 14.3. The molecular weight excluding hydrogens is 245 g/mol. The first-order valence-electron chi connectivity index (χ1n) is 6.87. The Balaban J connectivity index is 1.97. The second-order valence-corrected chi connectivity index (χ2v) is 4.95. The van der Waals surface area contributed by atoms with Crippen LogP contribution in [0.3, 0.4) is 0 Å². The molecule has 0 aliphatic carbocycles. The molecule has 0 bridgehead atoms. The molecule has 106 valence electrons. The standard InChI is InChI=1S/C15H22FNO2/c1-17-14(7-6-12-4-3-9-19-12)11-5-8-15(18-2)13(16)10-11/h5,8,10,12,14,17H,3-4,6-7,9H2,1-2H3. The van der Waals surface area contributed by atoms with Crippen LogP contribution in [0.15, 0.2) is 18.2 Å². The molecule has 1 fully saturated rings. The van der Waals surface area contributed by atoms with Crippen molar-refractivity contribution in [3.05, 3.63) is 29.6 Å². The lowest BCUT2D eigenvalue weighted by Gasteiger charge is -2.19. The molecule has 1 N–H and O–H groups in total. The number of hydrogen-bond acceptors (Lipinski definition) is 3. The molecule has 0 radical (unpaired) electrons. The van der Waals surface area contributed by atoms with Crippen LogP contribution >= 0.6 is 0 Å². The van der Waals surface area contributed by atoms with Gasteiger partial charge in [-0.15, -0.1) is 0 Å². The highest BCUT2D eigenvalue weighted by Gasteiger charge is 2.18. The van der Waals surface area contributed by atoms with Gasteiger partial charge in [-0.3, -0.25) is 0 Å². The lowest BCUT2D eigenvalue weighted by Crippen LogP contribution is -2.19. The van der Waals surface area contributed by atoms with Crippen LogP contribution in [0.4, 0.5) is 4.39 Å². The van der Waals surface area contributed by atoms with E-state index in [2.05, 4.69) is 5.32 Å². The third-order valence-corrected chi connectivity index (χ3v) is 3.73. The van der Waals surface area contributed by atoms with E-state index in [4.69, 9.17) is 9.47 Å². The van der Waals surface area contributed by atoms with Crippen LogP contribution in [-0.2, 0) is 4.74 Å². The van der Waals surface area contributed by atoms with Crippen molar-refractivity contribution in [2.24, 2.45) is 0 Å². The van der Waals surface area contributed by atoms with Crippen molar-refractivity contribution < 1.29 is 13.9 Å². The predicted molar refractivity (Wildman–Crippen MR) is 73.0 cm³/mol. The molecule has 1 heterocycles. The smallest absolute Gasteiger partial charge is 0.165 e. The summed E-state index contributed by atoms with van der Waals surface area (Å²) in [5.74, 6) is -0.0184. The summed E-state index contributed by atoms with van der Waals surface area (Å²) >= 11 is 0. The summed E-state index contributed by atoms with van der Waals surface area (Å²) in [4.78, 5) is 0. The van der Waals surface area contributed by atoms with Gasteiger partial charge in [-0.2, -0.15) is 0 Å². The number of benzene rings is 1. The second kappa shape index (κ2) is 6.87. The molecule has 19 heavy (non-hydrogen) atoms. The Kier molecular flexibility index (Phi) is 5.16. The van der Waals surface area contributed by atoms with E-state index in [0.29, 0.717) is 6.10 Å². The minimum Gasteiger partial charge on any atom is -0.494 e. The molecule has 1 aliphatic rings. The lowest BCUT2D eigenvalue weighted by atomic mass is 9.99. The largest absolute Gasteiger partial charge is 0.494 e. The minimum atomic E-state index is -0.308. The Morgan fingerprint density at radius 1 is 1.53 bits per heavy atom. The highest BCUT2D eigenvalue weighted by atomic mass is 19.1. The summed E-state index contributed by atoms with van der Waals surface area (Å²) in [6.45, 7) is 0.881. The van der Waals surface area contributed by atoms with E-state index in [0.717, 1.165) is 37.9 Å². The maximum atomic E-state index is 13.7. The molecule has 1 aliphatic heterocycles. The van der Waals surface area contributed by atoms with E-state index in [-0.39, 0.29) is 17.6 Å². The molecule has 4 heteroatoms. The molecule has 2 rings (SSSR count). The van der Waals surface area contributed by atoms with Crippen molar-refractivity contribution in [2.75, 3.05) is 20.8 Å². The topological polar surface area (TPSA) is 30.5 Å². The molecule has 0 spiro atoms. The number of halogens is 1. The van der Waals surface area contributed by atoms with Crippen molar-refractivity contribution >= 4 is 0 Å². The summed E-state index contributed by atoms with van der Waals surface area (Å²) in [5, 5.41) is 3.24. The Bertz CT molecular complexity index is 405. The maximum absolute atomic E-state index is 13.7. The fourth-order valence-electron chi connectivity index (χ4n) is 2.60. The molecule has 1 saturated heterocycles. The van der Waals surface area contributed by atoms with E-state index in [1.54, 1.807) is 12.1 Å². The number of rotatable bonds is 6. The average Bonchev–Trinajstić information content (AvgIpc) is 2.93. The highest BCUT2D eigenvalue weighted by molar-refractivity contribution is 5.31. The zero-order valence-corrected chi connectivity index (χ0v) is 11.6. The van der Waals surface area contributed by atoms with Crippen molar-refractivity contribution in [3.8, 4) is 5.75 Å². The van der Waals surface area contributed by atoms with Crippen LogP contribution in [-0.4, -0.2) is 26.9 Å². The normalized spacial score (nSPS) is 20.5. The molecule has 2 unspecified atom stereocenters. The van der Waals surface area contributed by atoms with Gasteiger partial charge in [-0.25, -0.2) is 4.39 Å². The zero-order valence-electron chi connectivity index (χ0n) is 11.6. The van der Waals surface area contributed by atoms with E-state index < -0.39 is 0 Å². The lowest BCUT2D eigenvalue weighted by molar-refractivity contribution is 0.0998. The molecular formula is C15H22FNO2. The average molecular weight is 267 g/mol. The van der Waals surface area contributed by atoms with E-state index in [9.17, 15) is 4.39 Å². The van der Waals surface area contributed by atoms with Gasteiger partial charge in [0, 0.05) is 12.6 Å². The summed E-state index contributed by atoms with van der Waals surface area (Å²) in [6.07, 6.45) is 4.64. The van der Waals surface area contributed by atoms with Crippen molar-refractivity contribution in [3.63, 3.8) is 0 Å². The van der Waals surface area contributed by atoms with Gasteiger partial charge in [-0.05, 0) is 50.4 Å². The molecule has 0 amide bonds. The SMILES string of the molecule is CNC(CCC1CCCO1)c1ccc(OC)c(F)c1. The third-order valence-electron chi connectivity index (χ3n) is 3.73. The van der Waals surface area contributed by atoms with Gasteiger partial charge in [0.2, 0.25) is 0 Å². The zero-order chi connectivity index (χ0) is 13.7. The summed E-state index contributed by atoms with van der Waals surface area (Å²) in [7, 11) is 3.38. The Morgan fingerprint density at radius 2 is 2.37 bits per heavy atom. The van der Waals surface area contributed by atoms with Gasteiger partial charge in [0.25, 0.3) is 0 Å². The van der Waals surface area contributed by atoms with Gasteiger partial charge in [0.15, 0.2) is 11.6 Å². The van der Waals surface area contributed by atoms with Crippen LogP contribution in [0, 0.1) is 5.82 Å². The number of nitrogens with one attached hydrogen (secondary N) is 1. The Morgan fingerprint density at radius 3 is 2.95 bits per heavy atom. The van der Waals surface area contributed by atoms with Gasteiger partial charge in [0.05, 0.1) is 13.2 Å².